The molecule has 0 spiro atoms. The van der Waals surface area contributed by atoms with Gasteiger partial charge >= 0.3 is 5.69 Å². The zero-order valence-corrected chi connectivity index (χ0v) is 19.8. The first-order valence-corrected chi connectivity index (χ1v) is 12.1. The quantitative estimate of drug-likeness (QED) is 0.390. The average molecular weight is 486 g/mol. The normalized spacial score (nSPS) is 11.1. The molecule has 3 N–H and O–H groups in total. The van der Waals surface area contributed by atoms with Crippen LogP contribution < -0.4 is 21.9 Å². The highest BCUT2D eigenvalue weighted by atomic mass is 32.1. The van der Waals surface area contributed by atoms with Crippen molar-refractivity contribution in [1.29, 1.82) is 0 Å². The minimum absolute atomic E-state index is 0.0310. The van der Waals surface area contributed by atoms with Crippen molar-refractivity contribution in [2.45, 2.75) is 39.8 Å². The summed E-state index contributed by atoms with van der Waals surface area (Å²) in [6.45, 7) is 4.03. The number of aromatic amines is 1. The Morgan fingerprint density at radius 3 is 2.79 bits per heavy atom. The molecule has 0 saturated carbocycles. The highest BCUT2D eigenvalue weighted by molar-refractivity contribution is 7.22. The lowest BCUT2D eigenvalue weighted by Crippen LogP contribution is -2.40. The maximum Gasteiger partial charge on any atom is 0.330 e. The van der Waals surface area contributed by atoms with Crippen LogP contribution >= 0.6 is 22.7 Å². The van der Waals surface area contributed by atoms with Gasteiger partial charge in [0.05, 0.1) is 23.4 Å². The van der Waals surface area contributed by atoms with Gasteiger partial charge < -0.3 is 10.2 Å². The highest BCUT2D eigenvalue weighted by Gasteiger charge is 2.29. The van der Waals surface area contributed by atoms with Gasteiger partial charge in [-0.05, 0) is 36.9 Å². The van der Waals surface area contributed by atoms with Crippen LogP contribution in [-0.4, -0.2) is 20.4 Å². The molecule has 0 radical (unpaired) electrons. The number of aromatic nitrogens is 3. The van der Waals surface area contributed by atoms with Gasteiger partial charge in [-0.3, -0.25) is 24.0 Å². The van der Waals surface area contributed by atoms with E-state index in [1.54, 1.807) is 19.1 Å². The number of amides is 1. The van der Waals surface area contributed by atoms with E-state index in [1.807, 2.05) is 24.4 Å². The minimum atomic E-state index is -0.731. The van der Waals surface area contributed by atoms with Crippen molar-refractivity contribution in [1.82, 2.24) is 14.5 Å². The number of anilines is 2. The van der Waals surface area contributed by atoms with E-state index in [1.165, 1.54) is 38.4 Å². The summed E-state index contributed by atoms with van der Waals surface area (Å²) >= 11 is 2.78. The second kappa shape index (κ2) is 9.59. The number of hydrogen-bond acceptors (Lipinski definition) is 8. The second-order valence-corrected chi connectivity index (χ2v) is 9.33. The van der Waals surface area contributed by atoms with Crippen LogP contribution in [0, 0.1) is 6.92 Å². The van der Waals surface area contributed by atoms with Crippen LogP contribution in [0.4, 0.5) is 11.5 Å². The zero-order chi connectivity index (χ0) is 23.5. The molecule has 0 saturated heterocycles. The fourth-order valence-corrected chi connectivity index (χ4v) is 5.22. The fourth-order valence-electron chi connectivity index (χ4n) is 3.41. The molecule has 0 aliphatic heterocycles. The fraction of sp³-hybridized carbons (Fsp3) is 0.273. The van der Waals surface area contributed by atoms with Gasteiger partial charge in [0, 0.05) is 6.54 Å². The number of nitrogens with one attached hydrogen (secondary N) is 1. The maximum atomic E-state index is 13.8. The Morgan fingerprint density at radius 2 is 2.12 bits per heavy atom. The molecule has 4 heterocycles. The molecule has 1 amide bonds. The number of nitrogens with zero attached hydrogens (tertiary/aromatic N) is 3. The average Bonchev–Trinajstić information content (AvgIpc) is 3.54. The number of aryl methyl sites for hydroxylation is 1. The standard InChI is InChI=1S/C22H23N5O4S2/c1-3-4-9-26-18(23)16(19(28)25-22(26)30)27(12-14-7-5-10-31-14)21(29)17-13(2)24-20(33-17)15-8-6-11-32-15/h5-8,10-11H,3-4,9,12,23H2,1-2H3,(H,25,28,30). The number of nitrogens with two attached hydrogens (primary N) is 1. The van der Waals surface area contributed by atoms with Crippen LogP contribution in [0.5, 0.6) is 0 Å². The summed E-state index contributed by atoms with van der Waals surface area (Å²) in [5.74, 6) is -0.0334. The lowest BCUT2D eigenvalue weighted by Gasteiger charge is -2.23. The molecule has 0 aromatic carbocycles. The summed E-state index contributed by atoms with van der Waals surface area (Å²) in [5, 5.41) is 2.66. The van der Waals surface area contributed by atoms with E-state index in [9.17, 15) is 14.4 Å². The van der Waals surface area contributed by atoms with Crippen molar-refractivity contribution in [3.8, 4) is 9.88 Å². The topological polar surface area (TPSA) is 127 Å². The first-order chi connectivity index (χ1) is 15.9. The first kappa shape index (κ1) is 22.7. The van der Waals surface area contributed by atoms with Crippen molar-refractivity contribution < 1.29 is 9.21 Å². The molecule has 4 aromatic heterocycles. The molecule has 0 atom stereocenters. The number of unbranched alkanes of at least 4 members (excludes halogenated alkanes) is 1. The molecular weight excluding hydrogens is 462 g/mol. The van der Waals surface area contributed by atoms with Crippen molar-refractivity contribution in [3.63, 3.8) is 0 Å². The number of H-pyrrole nitrogens is 1. The lowest BCUT2D eigenvalue weighted by molar-refractivity contribution is 0.0986. The summed E-state index contributed by atoms with van der Waals surface area (Å²) in [6.07, 6.45) is 3.02. The van der Waals surface area contributed by atoms with Crippen LogP contribution in [0.3, 0.4) is 0 Å². The van der Waals surface area contributed by atoms with E-state index in [-0.39, 0.29) is 18.1 Å². The van der Waals surface area contributed by atoms with Gasteiger partial charge in [0.1, 0.15) is 21.5 Å². The largest absolute Gasteiger partial charge is 0.467 e. The van der Waals surface area contributed by atoms with E-state index in [0.29, 0.717) is 29.3 Å². The Kier molecular flexibility index (Phi) is 6.61. The van der Waals surface area contributed by atoms with Crippen molar-refractivity contribution >= 4 is 40.1 Å². The SMILES string of the molecule is CCCCn1c(N)c(N(Cc2ccco2)C(=O)c2sc(-c3cccs3)nc2C)c(=O)[nH]c1=O. The third kappa shape index (κ3) is 4.55. The summed E-state index contributed by atoms with van der Waals surface area (Å²) in [7, 11) is 0. The minimum Gasteiger partial charge on any atom is -0.467 e. The highest BCUT2D eigenvalue weighted by Crippen LogP contribution is 2.33. The van der Waals surface area contributed by atoms with Gasteiger partial charge in [-0.15, -0.1) is 22.7 Å². The monoisotopic (exact) mass is 485 g/mol. The second-order valence-electron chi connectivity index (χ2n) is 7.38. The Morgan fingerprint density at radius 1 is 1.30 bits per heavy atom. The Balaban J connectivity index is 1.83. The number of rotatable bonds is 8. The predicted octanol–water partition coefficient (Wildman–Crippen LogP) is 3.85. The van der Waals surface area contributed by atoms with Crippen LogP contribution in [0.1, 0.15) is 40.9 Å². The van der Waals surface area contributed by atoms with Crippen molar-refractivity contribution in [2.24, 2.45) is 0 Å². The summed E-state index contributed by atoms with van der Waals surface area (Å²) in [4.78, 5) is 48.5. The number of thiophene rings is 1. The first-order valence-electron chi connectivity index (χ1n) is 10.4. The van der Waals surface area contributed by atoms with Crippen LogP contribution in [0.25, 0.3) is 9.88 Å². The van der Waals surface area contributed by atoms with Gasteiger partial charge in [0.25, 0.3) is 11.5 Å². The van der Waals surface area contributed by atoms with Gasteiger partial charge in [0.15, 0.2) is 5.69 Å². The molecule has 0 bridgehead atoms. The van der Waals surface area contributed by atoms with E-state index in [2.05, 4.69) is 9.97 Å². The van der Waals surface area contributed by atoms with E-state index >= 15 is 0 Å². The van der Waals surface area contributed by atoms with Gasteiger partial charge in [-0.2, -0.15) is 0 Å². The third-order valence-corrected chi connectivity index (χ3v) is 7.27. The molecule has 9 nitrogen and oxygen atoms in total. The van der Waals surface area contributed by atoms with Gasteiger partial charge in [-0.25, -0.2) is 9.78 Å². The van der Waals surface area contributed by atoms with Crippen LogP contribution in [-0.2, 0) is 13.1 Å². The number of nitrogen functional groups attached to an aromatic ring is 1. The number of hydrogen-bond donors (Lipinski definition) is 2. The van der Waals surface area contributed by atoms with Crippen LogP contribution in [0.2, 0.25) is 0 Å². The Bertz CT molecular complexity index is 1370. The number of carbonyl (C=O) groups is 1. The molecule has 172 valence electrons. The molecule has 0 aliphatic rings. The predicted molar refractivity (Wildman–Crippen MR) is 130 cm³/mol. The van der Waals surface area contributed by atoms with Crippen LogP contribution in [0.15, 0.2) is 49.9 Å². The Hall–Kier alpha value is -3.44. The van der Waals surface area contributed by atoms with Crippen molar-refractivity contribution in [2.75, 3.05) is 10.6 Å². The zero-order valence-electron chi connectivity index (χ0n) is 18.2. The third-order valence-electron chi connectivity index (χ3n) is 5.08. The molecule has 0 aliphatic carbocycles. The molecule has 11 heteroatoms. The smallest absolute Gasteiger partial charge is 0.330 e. The van der Waals surface area contributed by atoms with E-state index in [0.717, 1.165) is 16.3 Å². The Labute approximate surface area is 197 Å². The summed E-state index contributed by atoms with van der Waals surface area (Å²) in [5.41, 5.74) is 5.43. The molecule has 33 heavy (non-hydrogen) atoms. The lowest BCUT2D eigenvalue weighted by atomic mass is 10.2. The van der Waals surface area contributed by atoms with E-state index < -0.39 is 17.2 Å². The molecule has 4 rings (SSSR count). The van der Waals surface area contributed by atoms with Gasteiger partial charge in [-0.1, -0.05) is 19.4 Å². The molecule has 0 unspecified atom stereocenters. The molecule has 4 aromatic rings. The van der Waals surface area contributed by atoms with Crippen molar-refractivity contribution in [3.05, 3.63) is 73.1 Å². The number of furan rings is 1. The summed E-state index contributed by atoms with van der Waals surface area (Å²) in [6, 6.07) is 7.25. The van der Waals surface area contributed by atoms with Gasteiger partial charge in [0.2, 0.25) is 0 Å². The van der Waals surface area contributed by atoms with E-state index in [4.69, 9.17) is 10.2 Å². The number of thiazole rings is 1. The number of carbonyl (C=O) groups excluding carboxylic acids is 1. The molecule has 0 fully saturated rings. The molecular formula is C22H23N5O4S2. The maximum absolute atomic E-state index is 13.8. The summed E-state index contributed by atoms with van der Waals surface area (Å²) < 4.78 is 6.73.